The van der Waals surface area contributed by atoms with Crippen molar-refractivity contribution >= 4 is 7.82 Å². The van der Waals surface area contributed by atoms with Gasteiger partial charge in [-0.1, -0.05) is 84.0 Å². The molecule has 0 rings (SSSR count). The van der Waals surface area contributed by atoms with Gasteiger partial charge in [0.15, 0.2) is 6.29 Å². The average Bonchev–Trinajstić information content (AvgIpc) is 2.50. The Hall–Kier alpha value is 0.0700. The SMILES string of the molecule is CCCCCCCCCCCCCCCC(OCC)OP(=O)(O)O. The molecule has 0 bridgehead atoms. The zero-order chi connectivity index (χ0) is 18.1. The van der Waals surface area contributed by atoms with E-state index in [4.69, 9.17) is 14.5 Å². The molecule has 0 radical (unpaired) electrons. The van der Waals surface area contributed by atoms with Crippen LogP contribution in [0, 0.1) is 0 Å². The van der Waals surface area contributed by atoms with Gasteiger partial charge in [0.2, 0.25) is 0 Å². The van der Waals surface area contributed by atoms with Gasteiger partial charge in [0, 0.05) is 6.61 Å². The predicted molar refractivity (Wildman–Crippen MR) is 98.9 cm³/mol. The number of ether oxygens (including phenoxy) is 1. The quantitative estimate of drug-likeness (QED) is 0.178. The van der Waals surface area contributed by atoms with Crippen molar-refractivity contribution in [3.63, 3.8) is 0 Å². The number of phosphoric ester groups is 1. The molecule has 0 heterocycles. The maximum atomic E-state index is 10.8. The highest BCUT2D eigenvalue weighted by Gasteiger charge is 2.21. The van der Waals surface area contributed by atoms with Crippen LogP contribution in [0.15, 0.2) is 0 Å². The van der Waals surface area contributed by atoms with Gasteiger partial charge in [-0.3, -0.25) is 4.52 Å². The lowest BCUT2D eigenvalue weighted by molar-refractivity contribution is -0.0929. The zero-order valence-corrected chi connectivity index (χ0v) is 16.6. The highest BCUT2D eigenvalue weighted by atomic mass is 31.2. The van der Waals surface area contributed by atoms with Gasteiger partial charge in [-0.15, -0.1) is 0 Å². The second kappa shape index (κ2) is 16.5. The second-order valence-corrected chi connectivity index (χ2v) is 7.70. The molecule has 24 heavy (non-hydrogen) atoms. The third-order valence-electron chi connectivity index (χ3n) is 4.15. The Bertz CT molecular complexity index is 306. The normalized spacial score (nSPS) is 13.3. The summed E-state index contributed by atoms with van der Waals surface area (Å²) < 4.78 is 20.7. The summed E-state index contributed by atoms with van der Waals surface area (Å²) >= 11 is 0. The fourth-order valence-corrected chi connectivity index (χ4v) is 3.31. The molecule has 0 fully saturated rings. The van der Waals surface area contributed by atoms with Gasteiger partial charge in [0.05, 0.1) is 0 Å². The van der Waals surface area contributed by atoms with E-state index in [-0.39, 0.29) is 0 Å². The molecule has 0 aliphatic carbocycles. The Morgan fingerprint density at radius 2 is 1.17 bits per heavy atom. The van der Waals surface area contributed by atoms with E-state index in [1.54, 1.807) is 6.92 Å². The molecule has 2 N–H and O–H groups in total. The molecule has 0 saturated heterocycles. The maximum absolute atomic E-state index is 10.8. The highest BCUT2D eigenvalue weighted by molar-refractivity contribution is 7.46. The van der Waals surface area contributed by atoms with Crippen molar-refractivity contribution in [3.05, 3.63) is 0 Å². The minimum absolute atomic E-state index is 0.392. The molecule has 1 unspecified atom stereocenters. The van der Waals surface area contributed by atoms with E-state index in [1.807, 2.05) is 0 Å². The summed E-state index contributed by atoms with van der Waals surface area (Å²) in [6.07, 6.45) is 16.3. The molecule has 0 amide bonds. The lowest BCUT2D eigenvalue weighted by Crippen LogP contribution is -2.15. The highest BCUT2D eigenvalue weighted by Crippen LogP contribution is 2.38. The van der Waals surface area contributed by atoms with Crippen molar-refractivity contribution < 1.29 is 23.6 Å². The standard InChI is InChI=1S/C18H39O5P/c1-3-5-6-7-8-9-10-11-12-13-14-15-16-17-18(22-4-2)23-24(19,20)21/h18H,3-17H2,1-2H3,(H2,19,20,21). The van der Waals surface area contributed by atoms with Gasteiger partial charge in [-0.25, -0.2) is 4.57 Å². The monoisotopic (exact) mass is 366 g/mol. The number of rotatable bonds is 18. The van der Waals surface area contributed by atoms with E-state index in [2.05, 4.69) is 11.4 Å². The Kier molecular flexibility index (Phi) is 16.6. The summed E-state index contributed by atoms with van der Waals surface area (Å²) in [5.74, 6) is 0. The number of unbranched alkanes of at least 4 members (excludes halogenated alkanes) is 12. The van der Waals surface area contributed by atoms with Crippen LogP contribution in [-0.4, -0.2) is 22.7 Å². The lowest BCUT2D eigenvalue weighted by Gasteiger charge is -2.17. The van der Waals surface area contributed by atoms with Crippen LogP contribution >= 0.6 is 7.82 Å². The van der Waals surface area contributed by atoms with Crippen LogP contribution in [0.1, 0.15) is 104 Å². The van der Waals surface area contributed by atoms with E-state index in [0.717, 1.165) is 12.8 Å². The van der Waals surface area contributed by atoms with Gasteiger partial charge in [-0.2, -0.15) is 0 Å². The fourth-order valence-electron chi connectivity index (χ4n) is 2.83. The summed E-state index contributed by atoms with van der Waals surface area (Å²) in [5, 5.41) is 0. The smallest absolute Gasteiger partial charge is 0.352 e. The molecule has 0 aliphatic heterocycles. The van der Waals surface area contributed by atoms with Crippen molar-refractivity contribution in [1.29, 1.82) is 0 Å². The minimum Gasteiger partial charge on any atom is -0.352 e. The van der Waals surface area contributed by atoms with Gasteiger partial charge >= 0.3 is 7.82 Å². The van der Waals surface area contributed by atoms with Crippen molar-refractivity contribution in [2.75, 3.05) is 6.61 Å². The first kappa shape index (κ1) is 24.1. The van der Waals surface area contributed by atoms with E-state index in [0.29, 0.717) is 13.0 Å². The number of hydrogen-bond acceptors (Lipinski definition) is 3. The molecule has 6 heteroatoms. The van der Waals surface area contributed by atoms with Crippen LogP contribution in [0.2, 0.25) is 0 Å². The Morgan fingerprint density at radius 1 is 0.750 bits per heavy atom. The molecule has 0 saturated carbocycles. The topological polar surface area (TPSA) is 76.0 Å². The summed E-state index contributed by atoms with van der Waals surface area (Å²) in [7, 11) is -4.46. The minimum atomic E-state index is -4.46. The molecule has 0 aliphatic rings. The number of phosphoric acid groups is 1. The van der Waals surface area contributed by atoms with E-state index in [9.17, 15) is 4.57 Å². The van der Waals surface area contributed by atoms with Crippen molar-refractivity contribution in [2.45, 2.75) is 110 Å². The van der Waals surface area contributed by atoms with E-state index >= 15 is 0 Å². The van der Waals surface area contributed by atoms with E-state index in [1.165, 1.54) is 70.6 Å². The molecule has 1 atom stereocenters. The largest absolute Gasteiger partial charge is 0.471 e. The Morgan fingerprint density at radius 3 is 1.54 bits per heavy atom. The van der Waals surface area contributed by atoms with Crippen LogP contribution in [0.5, 0.6) is 0 Å². The summed E-state index contributed by atoms with van der Waals surface area (Å²) in [6, 6.07) is 0. The van der Waals surface area contributed by atoms with Crippen LogP contribution in [0.4, 0.5) is 0 Å². The van der Waals surface area contributed by atoms with E-state index < -0.39 is 14.1 Å². The third kappa shape index (κ3) is 18.4. The van der Waals surface area contributed by atoms with Crippen LogP contribution in [0.3, 0.4) is 0 Å². The zero-order valence-electron chi connectivity index (χ0n) is 15.8. The first-order chi connectivity index (χ1) is 11.5. The third-order valence-corrected chi connectivity index (χ3v) is 4.66. The average molecular weight is 366 g/mol. The number of hydrogen-bond donors (Lipinski definition) is 2. The Balaban J connectivity index is 3.38. The van der Waals surface area contributed by atoms with Crippen LogP contribution < -0.4 is 0 Å². The lowest BCUT2D eigenvalue weighted by atomic mass is 10.0. The van der Waals surface area contributed by atoms with Crippen molar-refractivity contribution in [3.8, 4) is 0 Å². The summed E-state index contributed by atoms with van der Waals surface area (Å²) in [6.45, 7) is 4.44. The molecule has 0 aromatic rings. The molecular weight excluding hydrogens is 327 g/mol. The Labute approximate surface area is 148 Å². The maximum Gasteiger partial charge on any atom is 0.471 e. The molecule has 146 valence electrons. The molecule has 0 aromatic heterocycles. The van der Waals surface area contributed by atoms with Gasteiger partial charge in [0.25, 0.3) is 0 Å². The summed E-state index contributed by atoms with van der Waals surface area (Å²) in [5.41, 5.74) is 0. The first-order valence-corrected chi connectivity index (χ1v) is 11.4. The molecule has 5 nitrogen and oxygen atoms in total. The fraction of sp³-hybridized carbons (Fsp3) is 1.00. The van der Waals surface area contributed by atoms with Gasteiger partial charge in [0.1, 0.15) is 0 Å². The van der Waals surface area contributed by atoms with Gasteiger partial charge in [-0.05, 0) is 19.8 Å². The predicted octanol–water partition coefficient (Wildman–Crippen LogP) is 5.94. The van der Waals surface area contributed by atoms with Crippen molar-refractivity contribution in [1.82, 2.24) is 0 Å². The van der Waals surface area contributed by atoms with Crippen LogP contribution in [0.25, 0.3) is 0 Å². The second-order valence-electron chi connectivity index (χ2n) is 6.51. The van der Waals surface area contributed by atoms with Crippen LogP contribution in [-0.2, 0) is 13.8 Å². The molecular formula is C18H39O5P. The molecule has 0 spiro atoms. The van der Waals surface area contributed by atoms with Gasteiger partial charge < -0.3 is 14.5 Å². The summed E-state index contributed by atoms with van der Waals surface area (Å²) in [4.78, 5) is 17.7. The first-order valence-electron chi connectivity index (χ1n) is 9.85. The van der Waals surface area contributed by atoms with Crippen molar-refractivity contribution in [2.24, 2.45) is 0 Å². The molecule has 0 aromatic carbocycles.